The lowest BCUT2D eigenvalue weighted by atomic mass is 10.2. The molecule has 6 heteroatoms. The Hall–Kier alpha value is -2.37. The summed E-state index contributed by atoms with van der Waals surface area (Å²) in [7, 11) is 0. The van der Waals surface area contributed by atoms with Crippen molar-refractivity contribution in [2.24, 2.45) is 5.73 Å². The first-order valence-corrected chi connectivity index (χ1v) is 4.15. The van der Waals surface area contributed by atoms with Crippen LogP contribution in [-0.4, -0.2) is 15.8 Å². The summed E-state index contributed by atoms with van der Waals surface area (Å²) in [6, 6.07) is 5.78. The molecule has 0 radical (unpaired) electrons. The third kappa shape index (κ3) is 1.52. The highest BCUT2D eigenvalue weighted by molar-refractivity contribution is 5.97. The molecule has 0 aliphatic rings. The lowest BCUT2D eigenvalue weighted by molar-refractivity contribution is -0.384. The SMILES string of the molecule is NC(=O)c1cc2cc([N+](=O)[O-])ccc2[nH]1. The molecule has 3 N–H and O–H groups in total. The van der Waals surface area contributed by atoms with Crippen LogP contribution in [0.5, 0.6) is 0 Å². The zero-order valence-electron chi connectivity index (χ0n) is 7.56. The highest BCUT2D eigenvalue weighted by Crippen LogP contribution is 2.21. The number of benzene rings is 1. The van der Waals surface area contributed by atoms with E-state index in [0.29, 0.717) is 10.9 Å². The monoisotopic (exact) mass is 205 g/mol. The summed E-state index contributed by atoms with van der Waals surface area (Å²) in [6.07, 6.45) is 0. The van der Waals surface area contributed by atoms with Crippen LogP contribution in [0.1, 0.15) is 10.5 Å². The molecule has 15 heavy (non-hydrogen) atoms. The summed E-state index contributed by atoms with van der Waals surface area (Å²) in [5.74, 6) is -0.589. The molecule has 6 nitrogen and oxygen atoms in total. The van der Waals surface area contributed by atoms with E-state index in [2.05, 4.69) is 4.98 Å². The summed E-state index contributed by atoms with van der Waals surface area (Å²) in [6.45, 7) is 0. The van der Waals surface area contributed by atoms with Crippen molar-refractivity contribution in [1.82, 2.24) is 4.98 Å². The molecular formula is C9H7N3O3. The van der Waals surface area contributed by atoms with Gasteiger partial charge >= 0.3 is 0 Å². The molecule has 76 valence electrons. The summed E-state index contributed by atoms with van der Waals surface area (Å²) >= 11 is 0. The highest BCUT2D eigenvalue weighted by Gasteiger charge is 2.10. The number of aromatic amines is 1. The van der Waals surface area contributed by atoms with Crippen LogP contribution >= 0.6 is 0 Å². The second kappa shape index (κ2) is 3.09. The van der Waals surface area contributed by atoms with E-state index in [1.807, 2.05) is 0 Å². The average Bonchev–Trinajstić information content (AvgIpc) is 2.59. The fourth-order valence-corrected chi connectivity index (χ4v) is 1.37. The van der Waals surface area contributed by atoms with Gasteiger partial charge in [-0.1, -0.05) is 0 Å². The topological polar surface area (TPSA) is 102 Å². The third-order valence-corrected chi connectivity index (χ3v) is 2.08. The van der Waals surface area contributed by atoms with Crippen molar-refractivity contribution in [3.8, 4) is 0 Å². The van der Waals surface area contributed by atoms with Gasteiger partial charge in [-0.05, 0) is 12.1 Å². The molecule has 1 amide bonds. The molecule has 2 aromatic rings. The minimum Gasteiger partial charge on any atom is -0.364 e. The summed E-state index contributed by atoms with van der Waals surface area (Å²) in [5, 5.41) is 11.1. The second-order valence-electron chi connectivity index (χ2n) is 3.08. The summed E-state index contributed by atoms with van der Waals surface area (Å²) in [5.41, 5.74) is 5.94. The van der Waals surface area contributed by atoms with Crippen LogP contribution in [0.4, 0.5) is 5.69 Å². The molecule has 0 unspecified atom stereocenters. The normalized spacial score (nSPS) is 10.4. The van der Waals surface area contributed by atoms with Crippen LogP contribution < -0.4 is 5.73 Å². The Morgan fingerprint density at radius 2 is 2.13 bits per heavy atom. The largest absolute Gasteiger partial charge is 0.364 e. The molecular weight excluding hydrogens is 198 g/mol. The predicted molar refractivity (Wildman–Crippen MR) is 53.5 cm³/mol. The average molecular weight is 205 g/mol. The number of H-pyrrole nitrogens is 1. The van der Waals surface area contributed by atoms with Gasteiger partial charge in [0.1, 0.15) is 5.69 Å². The van der Waals surface area contributed by atoms with E-state index in [4.69, 9.17) is 5.73 Å². The molecule has 0 aliphatic carbocycles. The Bertz CT molecular complexity index is 547. The fourth-order valence-electron chi connectivity index (χ4n) is 1.37. The minimum absolute atomic E-state index is 0.0162. The molecule has 0 atom stereocenters. The van der Waals surface area contributed by atoms with Crippen LogP contribution in [0.15, 0.2) is 24.3 Å². The van der Waals surface area contributed by atoms with E-state index in [-0.39, 0.29) is 11.4 Å². The Morgan fingerprint density at radius 3 is 2.73 bits per heavy atom. The van der Waals surface area contributed by atoms with Crippen LogP contribution in [0, 0.1) is 10.1 Å². The summed E-state index contributed by atoms with van der Waals surface area (Å²) in [4.78, 5) is 23.6. The van der Waals surface area contributed by atoms with Crippen molar-refractivity contribution in [1.29, 1.82) is 0 Å². The van der Waals surface area contributed by atoms with Crippen LogP contribution in [-0.2, 0) is 0 Å². The van der Waals surface area contributed by atoms with Crippen molar-refractivity contribution < 1.29 is 9.72 Å². The molecule has 1 aromatic heterocycles. The number of non-ortho nitro benzene ring substituents is 1. The molecule has 1 heterocycles. The number of hydrogen-bond acceptors (Lipinski definition) is 3. The molecule has 2 rings (SSSR count). The molecule has 0 saturated heterocycles. The molecule has 0 fully saturated rings. The first-order valence-electron chi connectivity index (χ1n) is 4.15. The van der Waals surface area contributed by atoms with Gasteiger partial charge in [0.25, 0.3) is 11.6 Å². The smallest absolute Gasteiger partial charge is 0.270 e. The number of nitro benzene ring substituents is 1. The number of nitrogens with two attached hydrogens (primary N) is 1. The van der Waals surface area contributed by atoms with E-state index in [9.17, 15) is 14.9 Å². The van der Waals surface area contributed by atoms with E-state index in [1.165, 1.54) is 18.2 Å². The number of rotatable bonds is 2. The Morgan fingerprint density at radius 1 is 1.40 bits per heavy atom. The predicted octanol–water partition coefficient (Wildman–Crippen LogP) is 1.17. The van der Waals surface area contributed by atoms with Gasteiger partial charge in [-0.2, -0.15) is 0 Å². The maximum absolute atomic E-state index is 10.8. The lowest BCUT2D eigenvalue weighted by Gasteiger charge is -1.90. The van der Waals surface area contributed by atoms with Crippen molar-refractivity contribution in [3.63, 3.8) is 0 Å². The fraction of sp³-hybridized carbons (Fsp3) is 0. The van der Waals surface area contributed by atoms with Crippen molar-refractivity contribution in [2.45, 2.75) is 0 Å². The number of primary amides is 1. The van der Waals surface area contributed by atoms with Crippen LogP contribution in [0.3, 0.4) is 0 Å². The maximum Gasteiger partial charge on any atom is 0.270 e. The quantitative estimate of drug-likeness (QED) is 0.568. The van der Waals surface area contributed by atoms with Gasteiger partial charge in [-0.15, -0.1) is 0 Å². The zero-order valence-corrected chi connectivity index (χ0v) is 7.56. The van der Waals surface area contributed by atoms with Gasteiger partial charge < -0.3 is 10.7 Å². The van der Waals surface area contributed by atoms with Crippen LogP contribution in [0.2, 0.25) is 0 Å². The number of fused-ring (bicyclic) bond motifs is 1. The maximum atomic E-state index is 10.8. The highest BCUT2D eigenvalue weighted by atomic mass is 16.6. The Balaban J connectivity index is 2.62. The lowest BCUT2D eigenvalue weighted by Crippen LogP contribution is -2.10. The number of aromatic nitrogens is 1. The number of nitrogens with one attached hydrogen (secondary N) is 1. The van der Waals surface area contributed by atoms with Gasteiger partial charge in [-0.3, -0.25) is 14.9 Å². The summed E-state index contributed by atoms with van der Waals surface area (Å²) < 4.78 is 0. The van der Waals surface area contributed by atoms with E-state index in [1.54, 1.807) is 6.07 Å². The van der Waals surface area contributed by atoms with E-state index >= 15 is 0 Å². The number of nitro groups is 1. The molecule has 0 saturated carbocycles. The standard InChI is InChI=1S/C9H7N3O3/c10-9(13)8-4-5-3-6(12(14)15)1-2-7(5)11-8/h1-4,11H,(H2,10,13). The van der Waals surface area contributed by atoms with E-state index < -0.39 is 10.8 Å². The Kier molecular flexibility index (Phi) is 1.89. The number of nitrogens with zero attached hydrogens (tertiary/aromatic N) is 1. The van der Waals surface area contributed by atoms with Crippen molar-refractivity contribution >= 4 is 22.5 Å². The van der Waals surface area contributed by atoms with Crippen molar-refractivity contribution in [3.05, 3.63) is 40.1 Å². The van der Waals surface area contributed by atoms with Gasteiger partial charge in [0.15, 0.2) is 0 Å². The molecule has 1 aromatic carbocycles. The van der Waals surface area contributed by atoms with Crippen molar-refractivity contribution in [2.75, 3.05) is 0 Å². The number of carbonyl (C=O) groups excluding carboxylic acids is 1. The molecule has 0 bridgehead atoms. The number of amides is 1. The number of carbonyl (C=O) groups is 1. The molecule has 0 spiro atoms. The second-order valence-corrected chi connectivity index (χ2v) is 3.08. The van der Waals surface area contributed by atoms with Gasteiger partial charge in [0.05, 0.1) is 4.92 Å². The Labute approximate surface area is 83.8 Å². The van der Waals surface area contributed by atoms with Gasteiger partial charge in [0, 0.05) is 23.0 Å². The van der Waals surface area contributed by atoms with Crippen LogP contribution in [0.25, 0.3) is 10.9 Å². The number of hydrogen-bond donors (Lipinski definition) is 2. The third-order valence-electron chi connectivity index (χ3n) is 2.08. The van der Waals surface area contributed by atoms with Gasteiger partial charge in [-0.25, -0.2) is 0 Å². The zero-order chi connectivity index (χ0) is 11.0. The van der Waals surface area contributed by atoms with Gasteiger partial charge in [0.2, 0.25) is 0 Å². The first kappa shape index (κ1) is 9.20. The molecule has 0 aliphatic heterocycles. The van der Waals surface area contributed by atoms with E-state index in [0.717, 1.165) is 0 Å². The minimum atomic E-state index is -0.589. The first-order chi connectivity index (χ1) is 7.08.